The number of aromatic nitrogens is 1. The third kappa shape index (κ3) is 5.53. The molecule has 0 aliphatic heterocycles. The first-order valence-electron chi connectivity index (χ1n) is 8.90. The van der Waals surface area contributed by atoms with Gasteiger partial charge in [-0.1, -0.05) is 23.2 Å². The molecule has 0 atom stereocenters. The molecule has 0 unspecified atom stereocenters. The van der Waals surface area contributed by atoms with E-state index in [-0.39, 0.29) is 22.0 Å². The standard InChI is InChI=1S/C20H10Cl2F3N3O6/c21-14-3-1-10(28(32)33)6-12(14)17(29)27-16-4-2-11(7-13(16)19(30)31)34-18-15(22)5-9(8-26-18)20(23,24)25/h1-8H,(H,27,29)(H,30,31). The number of halogens is 5. The number of benzene rings is 2. The van der Waals surface area contributed by atoms with E-state index in [1.54, 1.807) is 0 Å². The van der Waals surface area contributed by atoms with E-state index in [1.807, 2.05) is 0 Å². The van der Waals surface area contributed by atoms with Crippen molar-refractivity contribution in [2.24, 2.45) is 0 Å². The monoisotopic (exact) mass is 515 g/mol. The van der Waals surface area contributed by atoms with Gasteiger partial charge in [-0.2, -0.15) is 13.2 Å². The first-order valence-corrected chi connectivity index (χ1v) is 9.65. The molecule has 176 valence electrons. The number of ether oxygens (including phenoxy) is 1. The van der Waals surface area contributed by atoms with E-state index in [2.05, 4.69) is 10.3 Å². The number of carboxylic acids is 1. The average Bonchev–Trinajstić information content (AvgIpc) is 2.75. The van der Waals surface area contributed by atoms with Crippen molar-refractivity contribution in [3.63, 3.8) is 0 Å². The zero-order valence-corrected chi connectivity index (χ0v) is 17.9. The number of carboxylic acid groups (broad SMARTS) is 1. The molecule has 3 rings (SSSR count). The number of carbonyl (C=O) groups excluding carboxylic acids is 1. The van der Waals surface area contributed by atoms with Crippen molar-refractivity contribution in [1.82, 2.24) is 4.98 Å². The molecule has 9 nitrogen and oxygen atoms in total. The zero-order valence-electron chi connectivity index (χ0n) is 16.4. The van der Waals surface area contributed by atoms with Crippen LogP contribution in [0.4, 0.5) is 24.5 Å². The summed E-state index contributed by atoms with van der Waals surface area (Å²) in [6.07, 6.45) is -4.18. The zero-order chi connectivity index (χ0) is 25.2. The first kappa shape index (κ1) is 24.7. The minimum absolute atomic E-state index is 0.108. The number of nitrogens with zero attached hydrogens (tertiary/aromatic N) is 2. The predicted molar refractivity (Wildman–Crippen MR) is 114 cm³/mol. The molecule has 34 heavy (non-hydrogen) atoms. The number of nitro benzene ring substituents is 1. The summed E-state index contributed by atoms with van der Waals surface area (Å²) in [7, 11) is 0. The van der Waals surface area contributed by atoms with Crippen molar-refractivity contribution < 1.29 is 37.5 Å². The highest BCUT2D eigenvalue weighted by Gasteiger charge is 2.32. The molecule has 0 saturated heterocycles. The van der Waals surface area contributed by atoms with Gasteiger partial charge in [0.05, 0.1) is 32.3 Å². The Morgan fingerprint density at radius 1 is 1.06 bits per heavy atom. The maximum atomic E-state index is 12.7. The maximum absolute atomic E-state index is 12.7. The van der Waals surface area contributed by atoms with Crippen molar-refractivity contribution in [3.8, 4) is 11.6 Å². The average molecular weight is 516 g/mol. The van der Waals surface area contributed by atoms with E-state index in [4.69, 9.17) is 27.9 Å². The Kier molecular flexibility index (Phi) is 6.93. The third-order valence-corrected chi connectivity index (χ3v) is 4.82. The predicted octanol–water partition coefficient (Wildman–Crippen LogP) is 6.06. The van der Waals surface area contributed by atoms with Crippen LogP contribution in [0.3, 0.4) is 0 Å². The molecule has 0 saturated carbocycles. The van der Waals surface area contributed by atoms with Crippen LogP contribution in [0.25, 0.3) is 0 Å². The summed E-state index contributed by atoms with van der Waals surface area (Å²) in [5.41, 5.74) is -2.45. The van der Waals surface area contributed by atoms with E-state index in [1.165, 1.54) is 6.07 Å². The Balaban J connectivity index is 1.88. The number of nitrogens with one attached hydrogen (secondary N) is 1. The minimum atomic E-state index is -4.67. The van der Waals surface area contributed by atoms with Crippen molar-refractivity contribution >= 4 is 46.5 Å². The van der Waals surface area contributed by atoms with Crippen LogP contribution >= 0.6 is 23.2 Å². The van der Waals surface area contributed by atoms with Crippen LogP contribution < -0.4 is 10.1 Å². The van der Waals surface area contributed by atoms with Crippen LogP contribution in [0.15, 0.2) is 48.7 Å². The van der Waals surface area contributed by atoms with Gasteiger partial charge in [0.25, 0.3) is 11.6 Å². The molecule has 0 aliphatic rings. The lowest BCUT2D eigenvalue weighted by Gasteiger charge is -2.13. The fourth-order valence-corrected chi connectivity index (χ4v) is 3.04. The summed E-state index contributed by atoms with van der Waals surface area (Å²) in [5, 5.41) is 22.2. The number of hydrogen-bond acceptors (Lipinski definition) is 6. The Morgan fingerprint density at radius 3 is 2.35 bits per heavy atom. The molecule has 0 aliphatic carbocycles. The molecule has 2 aromatic carbocycles. The van der Waals surface area contributed by atoms with E-state index < -0.39 is 50.7 Å². The SMILES string of the molecule is O=C(Nc1ccc(Oc2ncc(C(F)(F)F)cc2Cl)cc1C(=O)O)c1cc([N+](=O)[O-])ccc1Cl. The van der Waals surface area contributed by atoms with E-state index in [0.717, 1.165) is 30.3 Å². The van der Waals surface area contributed by atoms with Gasteiger partial charge in [0, 0.05) is 18.3 Å². The molecule has 0 bridgehead atoms. The van der Waals surface area contributed by atoms with Crippen LogP contribution in [-0.2, 0) is 6.18 Å². The van der Waals surface area contributed by atoms with Crippen LogP contribution in [-0.4, -0.2) is 26.9 Å². The summed E-state index contributed by atoms with van der Waals surface area (Å²) in [5.74, 6) is -2.97. The highest BCUT2D eigenvalue weighted by atomic mass is 35.5. The quantitative estimate of drug-likeness (QED) is 0.301. The minimum Gasteiger partial charge on any atom is -0.478 e. The molecule has 3 aromatic rings. The fourth-order valence-electron chi connectivity index (χ4n) is 2.63. The Morgan fingerprint density at radius 2 is 1.76 bits per heavy atom. The Labute approximate surface area is 197 Å². The van der Waals surface area contributed by atoms with Crippen LogP contribution in [0, 0.1) is 10.1 Å². The van der Waals surface area contributed by atoms with E-state index in [0.29, 0.717) is 12.3 Å². The van der Waals surface area contributed by atoms with Crippen LogP contribution in [0.2, 0.25) is 10.0 Å². The molecular weight excluding hydrogens is 506 g/mol. The molecular formula is C20H10Cl2F3N3O6. The van der Waals surface area contributed by atoms with Gasteiger partial charge in [0.15, 0.2) is 0 Å². The fraction of sp³-hybridized carbons (Fsp3) is 0.0500. The van der Waals surface area contributed by atoms with Gasteiger partial charge >= 0.3 is 12.1 Å². The second-order valence-electron chi connectivity index (χ2n) is 6.50. The summed E-state index contributed by atoms with van der Waals surface area (Å²) >= 11 is 11.7. The third-order valence-electron chi connectivity index (χ3n) is 4.22. The number of hydrogen-bond donors (Lipinski definition) is 2. The summed E-state index contributed by atoms with van der Waals surface area (Å²) < 4.78 is 43.5. The molecule has 1 amide bonds. The molecule has 0 fully saturated rings. The molecule has 0 radical (unpaired) electrons. The van der Waals surface area contributed by atoms with Gasteiger partial charge in [0.1, 0.15) is 10.8 Å². The highest BCUT2D eigenvalue weighted by Crippen LogP contribution is 2.35. The van der Waals surface area contributed by atoms with Crippen molar-refractivity contribution in [2.45, 2.75) is 6.18 Å². The van der Waals surface area contributed by atoms with Crippen LogP contribution in [0.1, 0.15) is 26.3 Å². The lowest BCUT2D eigenvalue weighted by molar-refractivity contribution is -0.384. The maximum Gasteiger partial charge on any atom is 0.417 e. The van der Waals surface area contributed by atoms with Crippen molar-refractivity contribution in [3.05, 3.63) is 85.5 Å². The summed E-state index contributed by atoms with van der Waals surface area (Å²) in [4.78, 5) is 37.9. The van der Waals surface area contributed by atoms with Gasteiger partial charge in [-0.15, -0.1) is 0 Å². The molecule has 0 spiro atoms. The Hall–Kier alpha value is -3.90. The van der Waals surface area contributed by atoms with Gasteiger partial charge in [-0.05, 0) is 30.3 Å². The highest BCUT2D eigenvalue weighted by molar-refractivity contribution is 6.34. The molecule has 1 aromatic heterocycles. The largest absolute Gasteiger partial charge is 0.478 e. The molecule has 14 heteroatoms. The smallest absolute Gasteiger partial charge is 0.417 e. The lowest BCUT2D eigenvalue weighted by atomic mass is 10.1. The van der Waals surface area contributed by atoms with Gasteiger partial charge in [0.2, 0.25) is 5.88 Å². The number of aromatic carboxylic acids is 1. The number of pyridine rings is 1. The normalized spacial score (nSPS) is 11.1. The number of non-ortho nitro benzene ring substituents is 1. The topological polar surface area (TPSA) is 132 Å². The number of rotatable bonds is 6. The number of anilines is 1. The number of carbonyl (C=O) groups is 2. The number of alkyl halides is 3. The lowest BCUT2D eigenvalue weighted by Crippen LogP contribution is -2.15. The van der Waals surface area contributed by atoms with Gasteiger partial charge in [-0.25, -0.2) is 9.78 Å². The van der Waals surface area contributed by atoms with Crippen molar-refractivity contribution in [2.75, 3.05) is 5.32 Å². The second-order valence-corrected chi connectivity index (χ2v) is 7.31. The van der Waals surface area contributed by atoms with E-state index >= 15 is 0 Å². The Bertz CT molecular complexity index is 1320. The first-order chi connectivity index (χ1) is 15.9. The van der Waals surface area contributed by atoms with Gasteiger partial charge in [-0.3, -0.25) is 14.9 Å². The van der Waals surface area contributed by atoms with E-state index in [9.17, 15) is 38.0 Å². The van der Waals surface area contributed by atoms with Crippen molar-refractivity contribution in [1.29, 1.82) is 0 Å². The molecule has 2 N–H and O–H groups in total. The molecule has 1 heterocycles. The van der Waals surface area contributed by atoms with Crippen LogP contribution in [0.5, 0.6) is 11.6 Å². The number of amides is 1. The summed E-state index contributed by atoms with van der Waals surface area (Å²) in [6, 6.07) is 7.07. The van der Waals surface area contributed by atoms with Gasteiger partial charge < -0.3 is 15.2 Å². The summed E-state index contributed by atoms with van der Waals surface area (Å²) in [6.45, 7) is 0. The number of nitro groups is 1. The second kappa shape index (κ2) is 9.53.